The average molecular weight is 484 g/mol. The molecule has 0 N–H and O–H groups in total. The monoisotopic (exact) mass is 483 g/mol. The standard InChI is InChI=1S/C26H33N3O4S/c1-20(2)25(30)28(14-15-33-4)18-24-16-27-26(29(24)17-22-8-6-5-7-9-22)34(31,32)19-23-12-10-21(3)11-13-23/h5-13,16,20H,14-15,17-19H2,1-4H3. The number of rotatable bonds is 11. The molecule has 2 aromatic carbocycles. The van der Waals surface area contributed by atoms with Crippen LogP contribution in [0.4, 0.5) is 0 Å². The van der Waals surface area contributed by atoms with Gasteiger partial charge in [-0.25, -0.2) is 13.4 Å². The van der Waals surface area contributed by atoms with E-state index in [2.05, 4.69) is 4.98 Å². The van der Waals surface area contributed by atoms with E-state index in [1.54, 1.807) is 22.8 Å². The topological polar surface area (TPSA) is 81.5 Å². The second kappa shape index (κ2) is 11.4. The number of aromatic nitrogens is 2. The number of sulfone groups is 1. The minimum atomic E-state index is -3.72. The van der Waals surface area contributed by atoms with E-state index in [1.807, 2.05) is 75.4 Å². The Labute approximate surface area is 202 Å². The van der Waals surface area contributed by atoms with Crippen molar-refractivity contribution < 1.29 is 17.9 Å². The summed E-state index contributed by atoms with van der Waals surface area (Å²) in [5.74, 6) is -0.350. The maximum Gasteiger partial charge on any atom is 0.228 e. The highest BCUT2D eigenvalue weighted by Crippen LogP contribution is 2.21. The van der Waals surface area contributed by atoms with E-state index in [0.29, 0.717) is 31.0 Å². The molecule has 1 aromatic heterocycles. The largest absolute Gasteiger partial charge is 0.383 e. The Morgan fingerprint density at radius 1 is 1.06 bits per heavy atom. The van der Waals surface area contributed by atoms with Crippen molar-refractivity contribution in [3.05, 3.63) is 83.2 Å². The molecule has 1 amide bonds. The third-order valence-corrected chi connectivity index (χ3v) is 7.16. The fourth-order valence-corrected chi connectivity index (χ4v) is 5.19. The summed E-state index contributed by atoms with van der Waals surface area (Å²) in [6, 6.07) is 17.1. The van der Waals surface area contributed by atoms with Gasteiger partial charge in [0.15, 0.2) is 0 Å². The zero-order valence-electron chi connectivity index (χ0n) is 20.3. The van der Waals surface area contributed by atoms with Crippen molar-refractivity contribution in [1.29, 1.82) is 0 Å². The van der Waals surface area contributed by atoms with Crippen molar-refractivity contribution >= 4 is 15.7 Å². The van der Waals surface area contributed by atoms with Crippen LogP contribution in [-0.2, 0) is 38.2 Å². The maximum absolute atomic E-state index is 13.4. The second-order valence-corrected chi connectivity index (χ2v) is 10.6. The normalized spacial score (nSPS) is 11.7. The summed E-state index contributed by atoms with van der Waals surface area (Å²) in [6.07, 6.45) is 1.57. The van der Waals surface area contributed by atoms with Gasteiger partial charge in [-0.1, -0.05) is 74.0 Å². The zero-order valence-corrected chi connectivity index (χ0v) is 21.1. The predicted octanol–water partition coefficient (Wildman–Crippen LogP) is 3.84. The van der Waals surface area contributed by atoms with Gasteiger partial charge in [0.1, 0.15) is 0 Å². The Morgan fingerprint density at radius 3 is 2.35 bits per heavy atom. The summed E-state index contributed by atoms with van der Waals surface area (Å²) in [4.78, 5) is 18.9. The minimum absolute atomic E-state index is 0.00983. The van der Waals surface area contributed by atoms with Crippen LogP contribution in [0.5, 0.6) is 0 Å². The first-order valence-electron chi connectivity index (χ1n) is 11.4. The van der Waals surface area contributed by atoms with Gasteiger partial charge in [0.25, 0.3) is 0 Å². The molecule has 0 aliphatic carbocycles. The van der Waals surface area contributed by atoms with E-state index in [-0.39, 0.29) is 29.3 Å². The molecule has 3 aromatic rings. The molecule has 34 heavy (non-hydrogen) atoms. The molecule has 0 fully saturated rings. The average Bonchev–Trinajstić information content (AvgIpc) is 3.21. The van der Waals surface area contributed by atoms with E-state index in [1.165, 1.54) is 0 Å². The number of carbonyl (C=O) groups is 1. The first-order valence-corrected chi connectivity index (χ1v) is 13.0. The summed E-state index contributed by atoms with van der Waals surface area (Å²) in [7, 11) is -2.13. The number of imidazole rings is 1. The van der Waals surface area contributed by atoms with Crippen molar-refractivity contribution in [3.8, 4) is 0 Å². The highest BCUT2D eigenvalue weighted by molar-refractivity contribution is 7.90. The summed E-state index contributed by atoms with van der Waals surface area (Å²) in [5, 5.41) is 0.00983. The van der Waals surface area contributed by atoms with Crippen molar-refractivity contribution in [1.82, 2.24) is 14.5 Å². The molecule has 0 aliphatic rings. The molecule has 0 spiro atoms. The van der Waals surface area contributed by atoms with Crippen LogP contribution >= 0.6 is 0 Å². The molecule has 0 atom stereocenters. The molecular formula is C26H33N3O4S. The van der Waals surface area contributed by atoms with Crippen LogP contribution in [0, 0.1) is 12.8 Å². The number of amides is 1. The van der Waals surface area contributed by atoms with Gasteiger partial charge in [-0.15, -0.1) is 0 Å². The molecule has 0 unspecified atom stereocenters. The van der Waals surface area contributed by atoms with E-state index >= 15 is 0 Å². The lowest BCUT2D eigenvalue weighted by Crippen LogP contribution is -2.37. The van der Waals surface area contributed by atoms with Gasteiger partial charge in [0.05, 0.1) is 37.3 Å². The summed E-state index contributed by atoms with van der Waals surface area (Å²) in [5.41, 5.74) is 3.39. The molecule has 0 bridgehead atoms. The smallest absolute Gasteiger partial charge is 0.228 e. The second-order valence-electron chi connectivity index (χ2n) is 8.76. The third-order valence-electron chi connectivity index (χ3n) is 5.56. The van der Waals surface area contributed by atoms with Gasteiger partial charge < -0.3 is 14.2 Å². The highest BCUT2D eigenvalue weighted by Gasteiger charge is 2.26. The van der Waals surface area contributed by atoms with Crippen molar-refractivity contribution in [2.45, 2.75) is 44.8 Å². The Kier molecular flexibility index (Phi) is 8.63. The number of hydrogen-bond acceptors (Lipinski definition) is 5. The van der Waals surface area contributed by atoms with Crippen LogP contribution in [0.25, 0.3) is 0 Å². The lowest BCUT2D eigenvalue weighted by atomic mass is 10.2. The number of methoxy groups -OCH3 is 1. The van der Waals surface area contributed by atoms with Crippen LogP contribution in [0.3, 0.4) is 0 Å². The Hall–Kier alpha value is -2.97. The Morgan fingerprint density at radius 2 is 1.74 bits per heavy atom. The van der Waals surface area contributed by atoms with E-state index in [4.69, 9.17) is 4.74 Å². The van der Waals surface area contributed by atoms with Gasteiger partial charge in [-0.05, 0) is 18.1 Å². The van der Waals surface area contributed by atoms with Crippen LogP contribution in [0.15, 0.2) is 66.0 Å². The summed E-state index contributed by atoms with van der Waals surface area (Å²) >= 11 is 0. The van der Waals surface area contributed by atoms with Gasteiger partial charge in [-0.3, -0.25) is 4.79 Å². The fourth-order valence-electron chi connectivity index (χ4n) is 3.70. The predicted molar refractivity (Wildman–Crippen MR) is 132 cm³/mol. The molecule has 182 valence electrons. The highest BCUT2D eigenvalue weighted by atomic mass is 32.2. The Bertz CT molecular complexity index is 1190. The quantitative estimate of drug-likeness (QED) is 0.414. The minimum Gasteiger partial charge on any atom is -0.383 e. The van der Waals surface area contributed by atoms with Crippen LogP contribution in [0.1, 0.15) is 36.2 Å². The van der Waals surface area contributed by atoms with E-state index in [9.17, 15) is 13.2 Å². The summed E-state index contributed by atoms with van der Waals surface area (Å²) in [6.45, 7) is 7.05. The number of benzene rings is 2. The number of nitrogens with zero attached hydrogens (tertiary/aromatic N) is 3. The molecular weight excluding hydrogens is 450 g/mol. The number of ether oxygens (including phenoxy) is 1. The van der Waals surface area contributed by atoms with Crippen LogP contribution < -0.4 is 0 Å². The Balaban J connectivity index is 1.99. The van der Waals surface area contributed by atoms with E-state index in [0.717, 1.165) is 11.1 Å². The lowest BCUT2D eigenvalue weighted by molar-refractivity contribution is -0.135. The van der Waals surface area contributed by atoms with E-state index < -0.39 is 9.84 Å². The maximum atomic E-state index is 13.4. The van der Waals surface area contributed by atoms with Gasteiger partial charge in [0.2, 0.25) is 20.9 Å². The van der Waals surface area contributed by atoms with Gasteiger partial charge >= 0.3 is 0 Å². The first-order chi connectivity index (χ1) is 16.2. The molecule has 0 saturated carbocycles. The van der Waals surface area contributed by atoms with Gasteiger partial charge in [-0.2, -0.15) is 0 Å². The number of carbonyl (C=O) groups excluding carboxylic acids is 1. The summed E-state index contributed by atoms with van der Waals surface area (Å²) < 4.78 is 33.8. The first kappa shape index (κ1) is 25.6. The molecule has 0 saturated heterocycles. The fraction of sp³-hybridized carbons (Fsp3) is 0.385. The SMILES string of the molecule is COCCN(Cc1cnc(S(=O)(=O)Cc2ccc(C)cc2)n1Cc1ccccc1)C(=O)C(C)C. The van der Waals surface area contributed by atoms with Gasteiger partial charge in [0, 0.05) is 19.6 Å². The van der Waals surface area contributed by atoms with Crippen LogP contribution in [0.2, 0.25) is 0 Å². The molecule has 0 radical (unpaired) electrons. The van der Waals surface area contributed by atoms with Crippen molar-refractivity contribution in [2.24, 2.45) is 5.92 Å². The lowest BCUT2D eigenvalue weighted by Gasteiger charge is -2.25. The molecule has 8 heteroatoms. The number of aryl methyl sites for hydroxylation is 1. The molecule has 7 nitrogen and oxygen atoms in total. The third kappa shape index (κ3) is 6.55. The van der Waals surface area contributed by atoms with Crippen LogP contribution in [-0.4, -0.2) is 49.0 Å². The zero-order chi connectivity index (χ0) is 24.7. The molecule has 3 rings (SSSR count). The number of hydrogen-bond donors (Lipinski definition) is 0. The van der Waals surface area contributed by atoms with Crippen molar-refractivity contribution in [2.75, 3.05) is 20.3 Å². The van der Waals surface area contributed by atoms with Crippen molar-refractivity contribution in [3.63, 3.8) is 0 Å². The molecule has 1 heterocycles. The molecule has 0 aliphatic heterocycles.